The van der Waals surface area contributed by atoms with E-state index in [0.717, 1.165) is 20.0 Å². The number of carbonyl (C=O) groups is 4. The number of nitrogens with one attached hydrogen (secondary N) is 2. The zero-order valence-corrected chi connectivity index (χ0v) is 34.6. The van der Waals surface area contributed by atoms with Crippen molar-refractivity contribution in [3.8, 4) is 0 Å². The van der Waals surface area contributed by atoms with Crippen LogP contribution in [0.4, 0.5) is 0 Å². The number of rotatable bonds is 18. The zero-order chi connectivity index (χ0) is 41.1. The van der Waals surface area contributed by atoms with Crippen LogP contribution in [-0.4, -0.2) is 159 Å². The van der Waals surface area contributed by atoms with E-state index >= 15 is 0 Å². The van der Waals surface area contributed by atoms with Crippen LogP contribution in [0.3, 0.4) is 0 Å². The fraction of sp³-hybridized carbons (Fsp3) is 0.744. The van der Waals surface area contributed by atoms with E-state index in [1.165, 1.54) is 31.1 Å². The van der Waals surface area contributed by atoms with Gasteiger partial charge in [0.25, 0.3) is 0 Å². The number of aliphatic hydroxyl groups is 3. The highest BCUT2D eigenvalue weighted by Gasteiger charge is 2.42. The lowest BCUT2D eigenvalue weighted by molar-refractivity contribution is -0.145. The molecule has 1 aromatic rings. The fourth-order valence-corrected chi connectivity index (χ4v) is 6.09. The fourth-order valence-electron chi connectivity index (χ4n) is 6.09. The predicted molar refractivity (Wildman–Crippen MR) is 209 cm³/mol. The Balaban J connectivity index is 0. The molecule has 0 radical (unpaired) electrons. The summed E-state index contributed by atoms with van der Waals surface area (Å²) in [4.78, 5) is 56.7. The van der Waals surface area contributed by atoms with E-state index in [-0.39, 0.29) is 62.4 Å². The Morgan fingerprint density at radius 3 is 1.96 bits per heavy atom. The van der Waals surface area contributed by atoms with E-state index in [2.05, 4.69) is 43.5 Å². The van der Waals surface area contributed by atoms with Gasteiger partial charge in [-0.3, -0.25) is 24.1 Å². The second-order valence-electron chi connectivity index (χ2n) is 13.4. The number of aliphatic hydroxyl groups excluding tert-OH is 3. The molecule has 1 aromatic carbocycles. The first-order valence-electron chi connectivity index (χ1n) is 18.7. The molecule has 308 valence electrons. The van der Waals surface area contributed by atoms with E-state index in [1.807, 2.05) is 32.0 Å². The van der Waals surface area contributed by atoms with Gasteiger partial charge >= 0.3 is 0 Å². The Morgan fingerprint density at radius 1 is 0.943 bits per heavy atom. The van der Waals surface area contributed by atoms with Crippen molar-refractivity contribution in [2.75, 3.05) is 75.3 Å². The number of carbonyl (C=O) groups excluding carboxylic acids is 4. The Hall–Kier alpha value is -3.14. The first-order chi connectivity index (χ1) is 25.2. The molecule has 1 aliphatic rings. The number of likely N-dealkylation sites (N-methyl/N-ethyl adjacent to an activating group) is 2. The molecule has 2 rings (SSSR count). The number of hydrogen-bond acceptors (Lipinski definition) is 10. The molecule has 0 aliphatic carbocycles. The number of amides is 4. The quantitative estimate of drug-likeness (QED) is 0.149. The molecular weight excluding hydrogens is 682 g/mol. The third-order valence-corrected chi connectivity index (χ3v) is 9.17. The average Bonchev–Trinajstić information content (AvgIpc) is 3.64. The van der Waals surface area contributed by atoms with Gasteiger partial charge in [-0.05, 0) is 39.8 Å². The predicted octanol–water partition coefficient (Wildman–Crippen LogP) is 2.07. The lowest BCUT2D eigenvalue weighted by Gasteiger charge is -2.39. The highest BCUT2D eigenvalue weighted by atomic mass is 16.5. The topological polar surface area (TPSA) is 181 Å². The van der Waals surface area contributed by atoms with Gasteiger partial charge in [-0.2, -0.15) is 0 Å². The van der Waals surface area contributed by atoms with Crippen LogP contribution >= 0.6 is 0 Å². The van der Waals surface area contributed by atoms with Crippen molar-refractivity contribution in [2.24, 2.45) is 11.8 Å². The van der Waals surface area contributed by atoms with Gasteiger partial charge in [0, 0.05) is 41.5 Å². The molecule has 0 bridgehead atoms. The van der Waals surface area contributed by atoms with Gasteiger partial charge in [0.1, 0.15) is 6.04 Å². The Labute approximate surface area is 319 Å². The van der Waals surface area contributed by atoms with Gasteiger partial charge in [-0.15, -0.1) is 0 Å². The summed E-state index contributed by atoms with van der Waals surface area (Å²) in [5.74, 6) is -1.74. The molecule has 0 saturated carbocycles. The minimum atomic E-state index is -0.768. The smallest absolute Gasteiger partial charge is 0.242 e. The van der Waals surface area contributed by atoms with E-state index < -0.39 is 36.1 Å². The van der Waals surface area contributed by atoms with Gasteiger partial charge in [0.2, 0.25) is 23.6 Å². The lowest BCUT2D eigenvalue weighted by atomic mass is 9.90. The SMILES string of the molecule is CCC.CCC(C)C(C(CC(=O)N1CCCC1C(OC)C(C)C(=O)NCCO)OC)N(C)C(=O)CNC(=O)C(CO)N(C)C.CO.Cc1ccccc1. The summed E-state index contributed by atoms with van der Waals surface area (Å²) in [6, 6.07) is 8.75. The molecule has 5 N–H and O–H groups in total. The molecule has 0 spiro atoms. The largest absolute Gasteiger partial charge is 0.400 e. The summed E-state index contributed by atoms with van der Waals surface area (Å²) < 4.78 is 11.5. The van der Waals surface area contributed by atoms with Crippen molar-refractivity contribution in [3.63, 3.8) is 0 Å². The van der Waals surface area contributed by atoms with Crippen LogP contribution in [-0.2, 0) is 28.7 Å². The molecule has 14 nitrogen and oxygen atoms in total. The Bertz CT molecular complexity index is 1130. The van der Waals surface area contributed by atoms with E-state index in [0.29, 0.717) is 13.0 Å². The number of nitrogens with zero attached hydrogens (tertiary/aromatic N) is 3. The summed E-state index contributed by atoms with van der Waals surface area (Å²) in [5.41, 5.74) is 1.32. The number of methoxy groups -OCH3 is 2. The maximum atomic E-state index is 13.7. The van der Waals surface area contributed by atoms with Crippen LogP contribution in [0.15, 0.2) is 30.3 Å². The molecule has 7 unspecified atom stereocenters. The van der Waals surface area contributed by atoms with Crippen LogP contribution in [0.1, 0.15) is 72.3 Å². The van der Waals surface area contributed by atoms with Crippen LogP contribution < -0.4 is 10.6 Å². The lowest BCUT2D eigenvalue weighted by Crippen LogP contribution is -2.55. The highest BCUT2D eigenvalue weighted by Crippen LogP contribution is 2.29. The highest BCUT2D eigenvalue weighted by molar-refractivity contribution is 5.87. The zero-order valence-electron chi connectivity index (χ0n) is 34.6. The number of ether oxygens (including phenoxy) is 2. The Morgan fingerprint density at radius 2 is 1.53 bits per heavy atom. The normalized spacial score (nSPS) is 16.8. The minimum Gasteiger partial charge on any atom is -0.400 e. The van der Waals surface area contributed by atoms with Gasteiger partial charge in [0.05, 0.1) is 56.4 Å². The van der Waals surface area contributed by atoms with Gasteiger partial charge in [-0.1, -0.05) is 83.4 Å². The molecule has 1 fully saturated rings. The number of hydrogen-bond donors (Lipinski definition) is 5. The first-order valence-corrected chi connectivity index (χ1v) is 18.7. The van der Waals surface area contributed by atoms with Crippen molar-refractivity contribution < 1.29 is 44.0 Å². The molecule has 1 aliphatic heterocycles. The summed E-state index contributed by atoms with van der Waals surface area (Å²) in [7, 11) is 9.02. The molecule has 14 heteroatoms. The van der Waals surface area contributed by atoms with E-state index in [9.17, 15) is 24.3 Å². The van der Waals surface area contributed by atoms with E-state index in [1.54, 1.807) is 37.9 Å². The van der Waals surface area contributed by atoms with Gasteiger partial charge in [-0.25, -0.2) is 0 Å². The second-order valence-corrected chi connectivity index (χ2v) is 13.4. The van der Waals surface area contributed by atoms with Crippen LogP contribution in [0.25, 0.3) is 0 Å². The number of aryl methyl sites for hydroxylation is 1. The summed E-state index contributed by atoms with van der Waals surface area (Å²) >= 11 is 0. The average molecular weight is 756 g/mol. The van der Waals surface area contributed by atoms with Crippen LogP contribution in [0.2, 0.25) is 0 Å². The van der Waals surface area contributed by atoms with E-state index in [4.69, 9.17) is 19.7 Å². The summed E-state index contributed by atoms with van der Waals surface area (Å²) in [6.07, 6.45) is 2.34. The summed E-state index contributed by atoms with van der Waals surface area (Å²) in [6.45, 7) is 11.9. The number of benzene rings is 1. The van der Waals surface area contributed by atoms with Crippen molar-refractivity contribution in [1.29, 1.82) is 0 Å². The minimum absolute atomic E-state index is 0.0132. The summed E-state index contributed by atoms with van der Waals surface area (Å²) in [5, 5.41) is 30.8. The van der Waals surface area contributed by atoms with Crippen LogP contribution in [0, 0.1) is 18.8 Å². The van der Waals surface area contributed by atoms with Crippen molar-refractivity contribution in [2.45, 2.75) is 104 Å². The van der Waals surface area contributed by atoms with Crippen molar-refractivity contribution in [1.82, 2.24) is 25.3 Å². The maximum Gasteiger partial charge on any atom is 0.242 e. The van der Waals surface area contributed by atoms with Gasteiger partial charge in [0.15, 0.2) is 0 Å². The molecule has 1 saturated heterocycles. The third-order valence-electron chi connectivity index (χ3n) is 9.17. The third kappa shape index (κ3) is 18.6. The molecule has 4 amide bonds. The van der Waals surface area contributed by atoms with Crippen molar-refractivity contribution >= 4 is 23.6 Å². The Kier molecular flexibility index (Phi) is 29.6. The second kappa shape index (κ2) is 30.2. The molecule has 7 atom stereocenters. The molecule has 1 heterocycles. The van der Waals surface area contributed by atoms with Crippen LogP contribution in [0.5, 0.6) is 0 Å². The standard InChI is InChI=1S/C28H53N5O8.C7H8.C3H8.CH4O/c1-9-18(2)25(32(6)24(37)16-30-28(39)21(17-35)31(4)5)22(40-7)15-23(36)33-13-10-11-20(33)26(41-8)19(3)27(38)29-12-14-34;1-7-5-3-2-4-6-7;1-3-2;1-2/h18-22,25-26,34-35H,9-17H2,1-8H3,(H,29,38)(H,30,39);2-6H,1H3;3H2,1-2H3;2H,1H3. The monoisotopic (exact) mass is 756 g/mol. The molecule has 0 aromatic heterocycles. The molecule has 53 heavy (non-hydrogen) atoms. The number of likely N-dealkylation sites (tertiary alicyclic amines) is 1. The van der Waals surface area contributed by atoms with Gasteiger partial charge < -0.3 is 45.2 Å². The van der Waals surface area contributed by atoms with Crippen molar-refractivity contribution in [3.05, 3.63) is 35.9 Å². The molecular formula is C39H73N5O9. The maximum absolute atomic E-state index is 13.7. The first kappa shape index (κ1) is 52.0.